The third kappa shape index (κ3) is 3.08. The van der Waals surface area contributed by atoms with E-state index in [1.165, 1.54) is 0 Å². The van der Waals surface area contributed by atoms with Crippen LogP contribution < -0.4 is 10.1 Å². The highest BCUT2D eigenvalue weighted by Gasteiger charge is 2.18. The first-order valence-electron chi connectivity index (χ1n) is 6.21. The molecular weight excluding hydrogens is 262 g/mol. The van der Waals surface area contributed by atoms with E-state index in [1.54, 1.807) is 11.8 Å². The summed E-state index contributed by atoms with van der Waals surface area (Å²) in [6, 6.07) is 5.74. The van der Waals surface area contributed by atoms with E-state index in [9.17, 15) is 0 Å². The maximum atomic E-state index is 6.01. The van der Waals surface area contributed by atoms with Gasteiger partial charge in [-0.25, -0.2) is 0 Å². The molecule has 0 saturated carbocycles. The smallest absolute Gasteiger partial charge is 0.125 e. The molecule has 1 atom stereocenters. The number of nitrogens with zero attached hydrogens (tertiary/aromatic N) is 2. The summed E-state index contributed by atoms with van der Waals surface area (Å²) in [6.07, 6.45) is 3.86. The molecule has 0 bridgehead atoms. The predicted molar refractivity (Wildman–Crippen MR) is 76.7 cm³/mol. The molecule has 19 heavy (non-hydrogen) atoms. The Hall–Kier alpha value is -1.52. The summed E-state index contributed by atoms with van der Waals surface area (Å²) in [5.41, 5.74) is 2.16. The number of nitrogens with one attached hydrogen (secondary N) is 1. The number of aromatic nitrogens is 2. The highest BCUT2D eigenvalue weighted by molar-refractivity contribution is 6.30. The standard InChI is InChI=1S/C14H18ClN3O/c1-4-16-14(10-8-17-18(2)9-10)12-6-5-11(15)7-13(12)19-3/h5-9,14,16H,4H2,1-3H3. The van der Waals surface area contributed by atoms with Crippen molar-refractivity contribution < 1.29 is 4.74 Å². The molecule has 0 radical (unpaired) electrons. The molecule has 4 nitrogen and oxygen atoms in total. The fourth-order valence-electron chi connectivity index (χ4n) is 2.12. The van der Waals surface area contributed by atoms with E-state index >= 15 is 0 Å². The number of methoxy groups -OCH3 is 1. The van der Waals surface area contributed by atoms with Crippen molar-refractivity contribution in [3.8, 4) is 5.75 Å². The fraction of sp³-hybridized carbons (Fsp3) is 0.357. The maximum absolute atomic E-state index is 6.01. The SMILES string of the molecule is CCNC(c1cnn(C)c1)c1ccc(Cl)cc1OC. The van der Waals surface area contributed by atoms with Crippen LogP contribution in [0, 0.1) is 0 Å². The Bertz CT molecular complexity index is 553. The monoisotopic (exact) mass is 279 g/mol. The minimum Gasteiger partial charge on any atom is -0.496 e. The third-order valence-corrected chi connectivity index (χ3v) is 3.21. The summed E-state index contributed by atoms with van der Waals surface area (Å²) in [7, 11) is 3.56. The number of benzene rings is 1. The van der Waals surface area contributed by atoms with Crippen LogP contribution in [0.4, 0.5) is 0 Å². The van der Waals surface area contributed by atoms with Gasteiger partial charge in [0.1, 0.15) is 5.75 Å². The van der Waals surface area contributed by atoms with Crippen molar-refractivity contribution in [1.82, 2.24) is 15.1 Å². The zero-order valence-corrected chi connectivity index (χ0v) is 12.1. The molecule has 0 aliphatic carbocycles. The van der Waals surface area contributed by atoms with Gasteiger partial charge in [0, 0.05) is 29.4 Å². The van der Waals surface area contributed by atoms with Gasteiger partial charge in [0.15, 0.2) is 0 Å². The van der Waals surface area contributed by atoms with Crippen LogP contribution in [0.25, 0.3) is 0 Å². The summed E-state index contributed by atoms with van der Waals surface area (Å²) in [4.78, 5) is 0. The van der Waals surface area contributed by atoms with Crippen molar-refractivity contribution in [2.75, 3.05) is 13.7 Å². The van der Waals surface area contributed by atoms with Gasteiger partial charge in [-0.2, -0.15) is 5.10 Å². The van der Waals surface area contributed by atoms with Gasteiger partial charge in [0.25, 0.3) is 0 Å². The number of rotatable bonds is 5. The average molecular weight is 280 g/mol. The molecule has 1 N–H and O–H groups in total. The summed E-state index contributed by atoms with van der Waals surface area (Å²) in [6.45, 7) is 2.93. The maximum Gasteiger partial charge on any atom is 0.125 e. The van der Waals surface area contributed by atoms with Crippen LogP contribution in [-0.4, -0.2) is 23.4 Å². The first kappa shape index (κ1) is 13.9. The molecule has 1 aromatic carbocycles. The van der Waals surface area contributed by atoms with E-state index < -0.39 is 0 Å². The van der Waals surface area contributed by atoms with Gasteiger partial charge in [-0.05, 0) is 18.7 Å². The van der Waals surface area contributed by atoms with Gasteiger partial charge >= 0.3 is 0 Å². The van der Waals surface area contributed by atoms with Crippen molar-refractivity contribution in [3.05, 3.63) is 46.7 Å². The largest absolute Gasteiger partial charge is 0.496 e. The minimum atomic E-state index is 0.0471. The minimum absolute atomic E-state index is 0.0471. The van der Waals surface area contributed by atoms with Gasteiger partial charge in [0.05, 0.1) is 19.3 Å². The Balaban J connectivity index is 2.44. The number of hydrogen-bond donors (Lipinski definition) is 1. The first-order chi connectivity index (χ1) is 9.15. The van der Waals surface area contributed by atoms with Gasteiger partial charge in [-0.15, -0.1) is 0 Å². The Kier molecular flexibility index (Phi) is 4.45. The summed E-state index contributed by atoms with van der Waals surface area (Å²) < 4.78 is 7.22. The highest BCUT2D eigenvalue weighted by atomic mass is 35.5. The van der Waals surface area contributed by atoms with Crippen LogP contribution >= 0.6 is 11.6 Å². The number of hydrogen-bond acceptors (Lipinski definition) is 3. The number of halogens is 1. The fourth-order valence-corrected chi connectivity index (χ4v) is 2.29. The lowest BCUT2D eigenvalue weighted by atomic mass is 10.0. The second-order valence-electron chi connectivity index (χ2n) is 4.32. The lowest BCUT2D eigenvalue weighted by Crippen LogP contribution is -2.22. The Morgan fingerprint density at radius 2 is 2.26 bits per heavy atom. The van der Waals surface area contributed by atoms with E-state index in [1.807, 2.05) is 37.6 Å². The number of aryl methyl sites for hydroxylation is 1. The topological polar surface area (TPSA) is 39.1 Å². The molecule has 0 aliphatic rings. The normalized spacial score (nSPS) is 12.4. The van der Waals surface area contributed by atoms with E-state index in [2.05, 4.69) is 17.3 Å². The summed E-state index contributed by atoms with van der Waals surface area (Å²) in [5.74, 6) is 0.780. The second kappa shape index (κ2) is 6.08. The van der Waals surface area contributed by atoms with Crippen LogP contribution in [-0.2, 0) is 7.05 Å². The van der Waals surface area contributed by atoms with Gasteiger partial charge in [-0.3, -0.25) is 4.68 Å². The zero-order valence-electron chi connectivity index (χ0n) is 11.4. The molecule has 1 unspecified atom stereocenters. The van der Waals surface area contributed by atoms with E-state index in [-0.39, 0.29) is 6.04 Å². The molecule has 5 heteroatoms. The lowest BCUT2D eigenvalue weighted by Gasteiger charge is -2.19. The molecule has 0 aliphatic heterocycles. The van der Waals surface area contributed by atoms with Gasteiger partial charge in [-0.1, -0.05) is 24.6 Å². The van der Waals surface area contributed by atoms with E-state index in [0.717, 1.165) is 23.4 Å². The molecule has 0 saturated heterocycles. The van der Waals surface area contributed by atoms with E-state index in [0.29, 0.717) is 5.02 Å². The molecule has 102 valence electrons. The molecule has 0 spiro atoms. The third-order valence-electron chi connectivity index (χ3n) is 2.97. The molecule has 1 heterocycles. The Labute approximate surface area is 118 Å². The van der Waals surface area contributed by atoms with Crippen molar-refractivity contribution in [2.45, 2.75) is 13.0 Å². The average Bonchev–Trinajstić information content (AvgIpc) is 2.82. The second-order valence-corrected chi connectivity index (χ2v) is 4.76. The van der Waals surface area contributed by atoms with Crippen LogP contribution in [0.2, 0.25) is 5.02 Å². The van der Waals surface area contributed by atoms with Crippen LogP contribution in [0.15, 0.2) is 30.6 Å². The van der Waals surface area contributed by atoms with Crippen LogP contribution in [0.5, 0.6) is 5.75 Å². The molecular formula is C14H18ClN3O. The van der Waals surface area contributed by atoms with Crippen LogP contribution in [0.3, 0.4) is 0 Å². The van der Waals surface area contributed by atoms with Gasteiger partial charge in [0.2, 0.25) is 0 Å². The summed E-state index contributed by atoms with van der Waals surface area (Å²) in [5, 5.41) is 8.34. The van der Waals surface area contributed by atoms with Crippen molar-refractivity contribution in [3.63, 3.8) is 0 Å². The first-order valence-corrected chi connectivity index (χ1v) is 6.59. The quantitative estimate of drug-likeness (QED) is 0.915. The zero-order chi connectivity index (χ0) is 13.8. The van der Waals surface area contributed by atoms with E-state index in [4.69, 9.17) is 16.3 Å². The Morgan fingerprint density at radius 1 is 1.47 bits per heavy atom. The summed E-state index contributed by atoms with van der Waals surface area (Å²) >= 11 is 6.01. The highest BCUT2D eigenvalue weighted by Crippen LogP contribution is 2.31. The van der Waals surface area contributed by atoms with Crippen molar-refractivity contribution >= 4 is 11.6 Å². The molecule has 1 aromatic heterocycles. The molecule has 2 aromatic rings. The lowest BCUT2D eigenvalue weighted by molar-refractivity contribution is 0.404. The number of ether oxygens (including phenoxy) is 1. The molecule has 0 amide bonds. The van der Waals surface area contributed by atoms with Crippen LogP contribution in [0.1, 0.15) is 24.1 Å². The molecule has 0 fully saturated rings. The molecule has 2 rings (SSSR count). The van der Waals surface area contributed by atoms with Gasteiger partial charge < -0.3 is 10.1 Å². The predicted octanol–water partition coefficient (Wildman–Crippen LogP) is 2.78. The Morgan fingerprint density at radius 3 is 2.84 bits per heavy atom. The van der Waals surface area contributed by atoms with Crippen molar-refractivity contribution in [1.29, 1.82) is 0 Å². The van der Waals surface area contributed by atoms with Crippen molar-refractivity contribution in [2.24, 2.45) is 7.05 Å².